The van der Waals surface area contributed by atoms with E-state index in [1.54, 1.807) is 0 Å². The molecular weight excluding hydrogens is 324 g/mol. The Kier molecular flexibility index (Phi) is 6.43. The molecule has 0 radical (unpaired) electrons. The summed E-state index contributed by atoms with van der Waals surface area (Å²) in [6.07, 6.45) is 2.13. The van der Waals surface area contributed by atoms with Gasteiger partial charge in [0.1, 0.15) is 0 Å². The zero-order valence-electron chi connectivity index (χ0n) is 12.5. The van der Waals surface area contributed by atoms with Crippen molar-refractivity contribution in [1.29, 1.82) is 0 Å². The van der Waals surface area contributed by atoms with Crippen LogP contribution in [0.4, 0.5) is 0 Å². The molecule has 0 saturated heterocycles. The zero-order chi connectivity index (χ0) is 15.1. The van der Waals surface area contributed by atoms with E-state index in [-0.39, 0.29) is 6.04 Å². The second-order valence-corrected chi connectivity index (χ2v) is 6.44. The van der Waals surface area contributed by atoms with Crippen molar-refractivity contribution in [3.63, 3.8) is 0 Å². The van der Waals surface area contributed by atoms with Crippen LogP contribution in [0.5, 0.6) is 0 Å². The standard InChI is InChI=1S/C18H23BrN2/c1-21(14-15-7-5-10-17(19)13-15)12-6-11-18(20)16-8-3-2-4-9-16/h2-5,7-10,13,18H,6,11-12,14,20H2,1H3. The maximum absolute atomic E-state index is 6.23. The molecule has 0 aliphatic heterocycles. The van der Waals surface area contributed by atoms with Crippen LogP contribution in [0.15, 0.2) is 59.1 Å². The van der Waals surface area contributed by atoms with Gasteiger partial charge in [0, 0.05) is 17.1 Å². The lowest BCUT2D eigenvalue weighted by Crippen LogP contribution is -2.20. The van der Waals surface area contributed by atoms with Crippen molar-refractivity contribution < 1.29 is 0 Å². The number of nitrogens with zero attached hydrogens (tertiary/aromatic N) is 1. The van der Waals surface area contributed by atoms with Crippen LogP contribution >= 0.6 is 15.9 Å². The highest BCUT2D eigenvalue weighted by molar-refractivity contribution is 9.10. The molecule has 112 valence electrons. The predicted molar refractivity (Wildman–Crippen MR) is 93.1 cm³/mol. The molecule has 3 heteroatoms. The minimum absolute atomic E-state index is 0.144. The fourth-order valence-corrected chi connectivity index (χ4v) is 2.92. The largest absolute Gasteiger partial charge is 0.324 e. The van der Waals surface area contributed by atoms with Crippen molar-refractivity contribution >= 4 is 15.9 Å². The Morgan fingerprint density at radius 1 is 1.10 bits per heavy atom. The van der Waals surface area contributed by atoms with Gasteiger partial charge < -0.3 is 10.6 Å². The molecule has 0 spiro atoms. The van der Waals surface area contributed by atoms with E-state index < -0.39 is 0 Å². The Morgan fingerprint density at radius 3 is 2.57 bits per heavy atom. The first-order valence-corrected chi connectivity index (χ1v) is 8.18. The van der Waals surface area contributed by atoms with Crippen molar-refractivity contribution in [1.82, 2.24) is 4.90 Å². The quantitative estimate of drug-likeness (QED) is 0.806. The van der Waals surface area contributed by atoms with E-state index in [4.69, 9.17) is 5.73 Å². The zero-order valence-corrected chi connectivity index (χ0v) is 14.1. The first kappa shape index (κ1) is 16.2. The number of benzene rings is 2. The monoisotopic (exact) mass is 346 g/mol. The minimum atomic E-state index is 0.144. The summed E-state index contributed by atoms with van der Waals surface area (Å²) >= 11 is 3.51. The van der Waals surface area contributed by atoms with Gasteiger partial charge in [0.05, 0.1) is 0 Å². The van der Waals surface area contributed by atoms with Gasteiger partial charge in [0.25, 0.3) is 0 Å². The molecule has 2 aromatic carbocycles. The summed E-state index contributed by atoms with van der Waals surface area (Å²) in [4.78, 5) is 2.35. The molecular formula is C18H23BrN2. The van der Waals surface area contributed by atoms with E-state index in [0.717, 1.165) is 30.4 Å². The summed E-state index contributed by atoms with van der Waals surface area (Å²) < 4.78 is 1.14. The molecule has 0 aliphatic rings. The van der Waals surface area contributed by atoms with Crippen LogP contribution < -0.4 is 5.73 Å². The SMILES string of the molecule is CN(CCCC(N)c1ccccc1)Cc1cccc(Br)c1. The van der Waals surface area contributed by atoms with Crippen molar-refractivity contribution in [3.05, 3.63) is 70.2 Å². The summed E-state index contributed by atoms with van der Waals surface area (Å²) in [6, 6.07) is 19.0. The smallest absolute Gasteiger partial charge is 0.0295 e. The van der Waals surface area contributed by atoms with E-state index in [1.165, 1.54) is 11.1 Å². The Hall–Kier alpha value is -1.16. The molecule has 0 saturated carbocycles. The number of hydrogen-bond acceptors (Lipinski definition) is 2. The number of rotatable bonds is 7. The Morgan fingerprint density at radius 2 is 1.86 bits per heavy atom. The van der Waals surface area contributed by atoms with Gasteiger partial charge in [-0.2, -0.15) is 0 Å². The molecule has 0 aromatic heterocycles. The summed E-state index contributed by atoms with van der Waals surface area (Å²) in [5, 5.41) is 0. The molecule has 0 aliphatic carbocycles. The van der Waals surface area contributed by atoms with Crippen LogP contribution in [-0.2, 0) is 6.54 Å². The molecule has 0 heterocycles. The highest BCUT2D eigenvalue weighted by Gasteiger charge is 2.06. The number of nitrogens with two attached hydrogens (primary N) is 1. The fraction of sp³-hybridized carbons (Fsp3) is 0.333. The maximum Gasteiger partial charge on any atom is 0.0295 e. The van der Waals surface area contributed by atoms with E-state index >= 15 is 0 Å². The Balaban J connectivity index is 1.73. The Bertz CT molecular complexity index is 542. The van der Waals surface area contributed by atoms with Crippen LogP contribution in [-0.4, -0.2) is 18.5 Å². The number of hydrogen-bond donors (Lipinski definition) is 1. The molecule has 1 atom stereocenters. The number of halogens is 1. The molecule has 0 bridgehead atoms. The lowest BCUT2D eigenvalue weighted by atomic mass is 10.0. The average molecular weight is 347 g/mol. The molecule has 2 aromatic rings. The third-order valence-electron chi connectivity index (χ3n) is 3.62. The van der Waals surface area contributed by atoms with Gasteiger partial charge in [-0.25, -0.2) is 0 Å². The summed E-state index contributed by atoms with van der Waals surface area (Å²) in [5.41, 5.74) is 8.79. The minimum Gasteiger partial charge on any atom is -0.324 e. The fourth-order valence-electron chi connectivity index (χ4n) is 2.47. The van der Waals surface area contributed by atoms with Gasteiger partial charge in [-0.15, -0.1) is 0 Å². The highest BCUT2D eigenvalue weighted by Crippen LogP contribution is 2.16. The van der Waals surface area contributed by atoms with Gasteiger partial charge in [-0.05, 0) is 49.7 Å². The van der Waals surface area contributed by atoms with E-state index in [9.17, 15) is 0 Å². The first-order valence-electron chi connectivity index (χ1n) is 7.38. The second-order valence-electron chi connectivity index (χ2n) is 5.53. The average Bonchev–Trinajstić information content (AvgIpc) is 2.48. The molecule has 2 N–H and O–H groups in total. The van der Waals surface area contributed by atoms with Crippen LogP contribution in [0.3, 0.4) is 0 Å². The van der Waals surface area contributed by atoms with E-state index in [0.29, 0.717) is 0 Å². The molecule has 0 fully saturated rings. The molecule has 21 heavy (non-hydrogen) atoms. The van der Waals surface area contributed by atoms with E-state index in [1.807, 2.05) is 6.07 Å². The second kappa shape index (κ2) is 8.32. The molecule has 0 amide bonds. The van der Waals surface area contributed by atoms with Crippen LogP contribution in [0.2, 0.25) is 0 Å². The van der Waals surface area contributed by atoms with Crippen molar-refractivity contribution in [2.45, 2.75) is 25.4 Å². The highest BCUT2D eigenvalue weighted by atomic mass is 79.9. The predicted octanol–water partition coefficient (Wildman–Crippen LogP) is 4.36. The van der Waals surface area contributed by atoms with Crippen molar-refractivity contribution in [3.8, 4) is 0 Å². The Labute approximate surface area is 136 Å². The van der Waals surface area contributed by atoms with Crippen LogP contribution in [0, 0.1) is 0 Å². The summed E-state index contributed by atoms with van der Waals surface area (Å²) in [7, 11) is 2.16. The molecule has 1 unspecified atom stereocenters. The topological polar surface area (TPSA) is 29.3 Å². The van der Waals surface area contributed by atoms with Crippen LogP contribution in [0.1, 0.15) is 30.0 Å². The van der Waals surface area contributed by atoms with E-state index in [2.05, 4.69) is 76.4 Å². The third-order valence-corrected chi connectivity index (χ3v) is 4.12. The summed E-state index contributed by atoms with van der Waals surface area (Å²) in [6.45, 7) is 2.03. The third kappa shape index (κ3) is 5.62. The maximum atomic E-state index is 6.23. The normalized spacial score (nSPS) is 12.6. The van der Waals surface area contributed by atoms with Crippen LogP contribution in [0.25, 0.3) is 0 Å². The van der Waals surface area contributed by atoms with Gasteiger partial charge in [-0.3, -0.25) is 0 Å². The summed E-state index contributed by atoms with van der Waals surface area (Å²) in [5.74, 6) is 0. The first-order chi connectivity index (χ1) is 10.1. The van der Waals surface area contributed by atoms with Crippen molar-refractivity contribution in [2.24, 2.45) is 5.73 Å². The van der Waals surface area contributed by atoms with Gasteiger partial charge >= 0.3 is 0 Å². The van der Waals surface area contributed by atoms with Crippen molar-refractivity contribution in [2.75, 3.05) is 13.6 Å². The van der Waals surface area contributed by atoms with Gasteiger partial charge in [-0.1, -0.05) is 58.4 Å². The molecule has 2 rings (SSSR count). The lowest BCUT2D eigenvalue weighted by Gasteiger charge is -2.18. The molecule has 2 nitrogen and oxygen atoms in total. The van der Waals surface area contributed by atoms with Gasteiger partial charge in [0.2, 0.25) is 0 Å². The lowest BCUT2D eigenvalue weighted by molar-refractivity contribution is 0.314. The van der Waals surface area contributed by atoms with Gasteiger partial charge in [0.15, 0.2) is 0 Å².